The average Bonchev–Trinajstić information content (AvgIpc) is 3.18. The summed E-state index contributed by atoms with van der Waals surface area (Å²) in [5.41, 5.74) is 2.13. The summed E-state index contributed by atoms with van der Waals surface area (Å²) in [7, 11) is -4.61. The molecule has 0 spiro atoms. The second-order valence-corrected chi connectivity index (χ2v) is 8.82. The van der Waals surface area contributed by atoms with Crippen molar-refractivity contribution in [3.63, 3.8) is 0 Å². The van der Waals surface area contributed by atoms with E-state index in [1.54, 1.807) is 0 Å². The van der Waals surface area contributed by atoms with Gasteiger partial charge in [0, 0.05) is 5.02 Å². The molecule has 8 nitrogen and oxygen atoms in total. The normalized spacial score (nSPS) is 13.6. The van der Waals surface area contributed by atoms with Crippen molar-refractivity contribution in [2.24, 2.45) is 10.9 Å². The lowest BCUT2D eigenvalue weighted by Crippen LogP contribution is -2.24. The summed E-state index contributed by atoms with van der Waals surface area (Å²) in [6, 6.07) is 5.05. The molecule has 0 aliphatic heterocycles. The Morgan fingerprint density at radius 1 is 1.03 bits per heavy atom. The third kappa shape index (κ3) is 5.15. The maximum absolute atomic E-state index is 12.9. The van der Waals surface area contributed by atoms with Crippen LogP contribution < -0.4 is 10.9 Å². The fraction of sp³-hybridized carbons (Fsp3) is 0.167. The molecule has 0 fully saturated rings. The van der Waals surface area contributed by atoms with E-state index in [2.05, 4.69) is 10.3 Å². The number of hydrogen-bond donors (Lipinski definition) is 2. The van der Waals surface area contributed by atoms with Gasteiger partial charge in [0.05, 0.1) is 23.4 Å². The number of benzene rings is 2. The molecule has 34 heavy (non-hydrogen) atoms. The van der Waals surface area contributed by atoms with Gasteiger partial charge in [-0.25, -0.2) is 18.2 Å². The van der Waals surface area contributed by atoms with Gasteiger partial charge in [0.25, 0.3) is 0 Å². The van der Waals surface area contributed by atoms with Crippen molar-refractivity contribution in [3.05, 3.63) is 70.0 Å². The van der Waals surface area contributed by atoms with Gasteiger partial charge in [-0.3, -0.25) is 4.79 Å². The molecule has 2 aromatic carbocycles. The number of primary sulfonamides is 1. The zero-order valence-electron chi connectivity index (χ0n) is 16.4. The van der Waals surface area contributed by atoms with E-state index in [1.165, 1.54) is 0 Å². The minimum absolute atomic E-state index is 0.155. The van der Waals surface area contributed by atoms with Crippen LogP contribution in [-0.2, 0) is 27.2 Å². The second kappa shape index (κ2) is 8.56. The summed E-state index contributed by atoms with van der Waals surface area (Å²) < 4.78 is 102. The zero-order valence-corrected chi connectivity index (χ0v) is 18.0. The number of primary amides is 1. The first-order chi connectivity index (χ1) is 15.5. The van der Waals surface area contributed by atoms with E-state index in [0.717, 1.165) is 24.3 Å². The second-order valence-electron chi connectivity index (χ2n) is 6.89. The van der Waals surface area contributed by atoms with Crippen LogP contribution in [-0.4, -0.2) is 29.3 Å². The lowest BCUT2D eigenvalue weighted by atomic mass is 9.90. The largest absolute Gasteiger partial charge is 0.436 e. The van der Waals surface area contributed by atoms with Gasteiger partial charge in [-0.05, 0) is 35.4 Å². The number of aromatic nitrogens is 3. The summed E-state index contributed by atoms with van der Waals surface area (Å²) >= 11 is 5.95. The number of nitrogens with zero attached hydrogens (tertiary/aromatic N) is 3. The summed E-state index contributed by atoms with van der Waals surface area (Å²) in [5.74, 6) is -2.62. The molecular formula is C18H12ClF6N5O3S. The van der Waals surface area contributed by atoms with E-state index >= 15 is 0 Å². The number of rotatable bonds is 5. The Balaban J connectivity index is 2.17. The highest BCUT2D eigenvalue weighted by molar-refractivity contribution is 7.89. The van der Waals surface area contributed by atoms with E-state index in [9.17, 15) is 39.6 Å². The van der Waals surface area contributed by atoms with Crippen molar-refractivity contribution < 1.29 is 39.6 Å². The lowest BCUT2D eigenvalue weighted by Gasteiger charge is -2.19. The van der Waals surface area contributed by atoms with Crippen molar-refractivity contribution in [3.8, 4) is 5.69 Å². The predicted molar refractivity (Wildman–Crippen MR) is 105 cm³/mol. The van der Waals surface area contributed by atoms with Crippen LogP contribution in [0.15, 0.2) is 47.5 Å². The Morgan fingerprint density at radius 3 is 2.15 bits per heavy atom. The van der Waals surface area contributed by atoms with Crippen LogP contribution in [0.25, 0.3) is 5.69 Å². The minimum Gasteiger partial charge on any atom is -0.369 e. The Morgan fingerprint density at radius 2 is 1.68 bits per heavy atom. The number of sulfonamides is 1. The summed E-state index contributed by atoms with van der Waals surface area (Å²) in [6.07, 6.45) is -9.17. The fourth-order valence-corrected chi connectivity index (χ4v) is 4.12. The van der Waals surface area contributed by atoms with Gasteiger partial charge in [-0.2, -0.15) is 26.3 Å². The SMILES string of the molecule is NC(=O)C(c1ccc(-n2cc(C(F)(F)F)nn2)c(S(N)(=O)=O)c1)c1ccc(C(F)(F)F)cc1Cl. The molecule has 1 heterocycles. The third-order valence-electron chi connectivity index (χ3n) is 4.58. The van der Waals surface area contributed by atoms with Crippen molar-refractivity contribution in [2.75, 3.05) is 0 Å². The molecule has 182 valence electrons. The molecule has 16 heteroatoms. The molecule has 3 rings (SSSR count). The summed E-state index contributed by atoms with van der Waals surface area (Å²) in [4.78, 5) is 11.4. The van der Waals surface area contributed by atoms with E-state index < -0.39 is 61.1 Å². The minimum atomic E-state index is -4.86. The molecule has 0 saturated carbocycles. The summed E-state index contributed by atoms with van der Waals surface area (Å²) in [5, 5.41) is 10.9. The maximum Gasteiger partial charge on any atom is 0.436 e. The molecule has 0 radical (unpaired) electrons. The summed E-state index contributed by atoms with van der Waals surface area (Å²) in [6.45, 7) is 0. The molecule has 1 amide bonds. The number of nitrogens with two attached hydrogens (primary N) is 2. The molecule has 0 saturated heterocycles. The number of amides is 1. The molecular weight excluding hydrogens is 516 g/mol. The number of alkyl halides is 6. The predicted octanol–water partition coefficient (Wildman–Crippen LogP) is 3.22. The van der Waals surface area contributed by atoms with Gasteiger partial charge in [0.1, 0.15) is 4.90 Å². The van der Waals surface area contributed by atoms with Crippen LogP contribution >= 0.6 is 11.6 Å². The number of carbonyl (C=O) groups is 1. The highest BCUT2D eigenvalue weighted by atomic mass is 35.5. The van der Waals surface area contributed by atoms with E-state index in [4.69, 9.17) is 22.5 Å². The molecule has 4 N–H and O–H groups in total. The maximum atomic E-state index is 12.9. The molecule has 0 bridgehead atoms. The monoisotopic (exact) mass is 527 g/mol. The number of carbonyl (C=O) groups excluding carboxylic acids is 1. The third-order valence-corrected chi connectivity index (χ3v) is 5.85. The van der Waals surface area contributed by atoms with Crippen LogP contribution in [0.1, 0.15) is 28.3 Å². The van der Waals surface area contributed by atoms with Gasteiger partial charge in [0.2, 0.25) is 15.9 Å². The Labute approximate surface area is 192 Å². The topological polar surface area (TPSA) is 134 Å². The smallest absolute Gasteiger partial charge is 0.369 e. The Hall–Kier alpha value is -3.17. The van der Waals surface area contributed by atoms with Crippen LogP contribution in [0.5, 0.6) is 0 Å². The van der Waals surface area contributed by atoms with Crippen molar-refractivity contribution in [2.45, 2.75) is 23.2 Å². The van der Waals surface area contributed by atoms with Gasteiger partial charge in [0.15, 0.2) is 5.69 Å². The first-order valence-electron chi connectivity index (χ1n) is 8.83. The first-order valence-corrected chi connectivity index (χ1v) is 10.7. The molecule has 1 aromatic heterocycles. The number of hydrogen-bond acceptors (Lipinski definition) is 5. The van der Waals surface area contributed by atoms with E-state index in [1.807, 2.05) is 0 Å². The Bertz CT molecular complexity index is 1370. The van der Waals surface area contributed by atoms with Crippen molar-refractivity contribution >= 4 is 27.5 Å². The first kappa shape index (κ1) is 25.5. The molecule has 1 atom stereocenters. The highest BCUT2D eigenvalue weighted by Gasteiger charge is 2.35. The van der Waals surface area contributed by atoms with Gasteiger partial charge >= 0.3 is 12.4 Å². The Kier molecular flexibility index (Phi) is 6.41. The molecule has 0 aliphatic rings. The lowest BCUT2D eigenvalue weighted by molar-refractivity contribution is -0.141. The van der Waals surface area contributed by atoms with Crippen LogP contribution in [0.3, 0.4) is 0 Å². The van der Waals surface area contributed by atoms with Crippen LogP contribution in [0.4, 0.5) is 26.3 Å². The number of halogens is 7. The van der Waals surface area contributed by atoms with E-state index in [0.29, 0.717) is 23.0 Å². The molecule has 3 aromatic rings. The van der Waals surface area contributed by atoms with Crippen LogP contribution in [0.2, 0.25) is 5.02 Å². The molecule has 1 unspecified atom stereocenters. The van der Waals surface area contributed by atoms with Crippen LogP contribution in [0, 0.1) is 0 Å². The van der Waals surface area contributed by atoms with Gasteiger partial charge < -0.3 is 5.73 Å². The molecule has 0 aliphatic carbocycles. The van der Waals surface area contributed by atoms with E-state index in [-0.39, 0.29) is 11.1 Å². The fourth-order valence-electron chi connectivity index (χ4n) is 3.07. The zero-order chi connectivity index (χ0) is 25.6. The highest BCUT2D eigenvalue weighted by Crippen LogP contribution is 2.37. The standard InChI is InChI=1S/C18H12ClF6N5O3S/c19-11-6-9(17(20,21)22)2-3-10(11)15(16(26)31)8-1-4-12(13(5-8)34(27,32)33)30-7-14(28-29-30)18(23,24)25/h1-7,15H,(H2,26,31)(H2,27,32,33). The van der Waals surface area contributed by atoms with Gasteiger partial charge in [-0.1, -0.05) is 28.9 Å². The van der Waals surface area contributed by atoms with Crippen molar-refractivity contribution in [1.29, 1.82) is 0 Å². The van der Waals surface area contributed by atoms with Gasteiger partial charge in [-0.15, -0.1) is 5.10 Å². The van der Waals surface area contributed by atoms with Crippen molar-refractivity contribution in [1.82, 2.24) is 15.0 Å². The quantitative estimate of drug-likeness (QED) is 0.491. The average molecular weight is 528 g/mol.